The lowest BCUT2D eigenvalue weighted by Gasteiger charge is -2.19. The van der Waals surface area contributed by atoms with Crippen molar-refractivity contribution in [1.29, 1.82) is 0 Å². The molecule has 0 radical (unpaired) electrons. The van der Waals surface area contributed by atoms with E-state index < -0.39 is 0 Å². The topological polar surface area (TPSA) is 64.0 Å². The molecule has 0 saturated heterocycles. The van der Waals surface area contributed by atoms with Gasteiger partial charge >= 0.3 is 0 Å². The zero-order valence-electron chi connectivity index (χ0n) is 21.1. The average molecular weight is 518 g/mol. The lowest BCUT2D eigenvalue weighted by molar-refractivity contribution is -0.113. The number of thiophene rings is 1. The number of nitrogens with one attached hydrogen (secondary N) is 1. The molecule has 1 aliphatic carbocycles. The number of rotatable bonds is 5. The van der Waals surface area contributed by atoms with Crippen molar-refractivity contribution >= 4 is 44.9 Å². The van der Waals surface area contributed by atoms with E-state index in [1.165, 1.54) is 27.8 Å². The van der Waals surface area contributed by atoms with Crippen molar-refractivity contribution in [2.24, 2.45) is 5.92 Å². The summed E-state index contributed by atoms with van der Waals surface area (Å²) in [5.41, 5.74) is 3.93. The molecule has 0 bridgehead atoms. The van der Waals surface area contributed by atoms with Crippen LogP contribution >= 0.6 is 23.1 Å². The van der Waals surface area contributed by atoms with Crippen LogP contribution in [-0.4, -0.2) is 21.2 Å². The first-order valence-corrected chi connectivity index (χ1v) is 14.2. The summed E-state index contributed by atoms with van der Waals surface area (Å²) in [6.07, 6.45) is 3.02. The van der Waals surface area contributed by atoms with Gasteiger partial charge in [0.1, 0.15) is 4.83 Å². The Morgan fingerprint density at radius 3 is 2.56 bits per heavy atom. The lowest BCUT2D eigenvalue weighted by atomic mass is 9.87. The van der Waals surface area contributed by atoms with E-state index >= 15 is 0 Å². The van der Waals surface area contributed by atoms with Crippen molar-refractivity contribution in [3.63, 3.8) is 0 Å². The molecule has 2 heterocycles. The number of amides is 1. The third kappa shape index (κ3) is 5.00. The number of thioether (sulfide) groups is 1. The predicted octanol–water partition coefficient (Wildman–Crippen LogP) is 6.60. The summed E-state index contributed by atoms with van der Waals surface area (Å²) < 4.78 is 1.67. The number of para-hydroxylation sites is 1. The number of hydrogen-bond acceptors (Lipinski definition) is 5. The summed E-state index contributed by atoms with van der Waals surface area (Å²) in [5.74, 6) is 0.655. The van der Waals surface area contributed by atoms with Gasteiger partial charge in [0.15, 0.2) is 5.16 Å². The van der Waals surface area contributed by atoms with E-state index in [0.717, 1.165) is 40.9 Å². The minimum atomic E-state index is -0.128. The van der Waals surface area contributed by atoms with E-state index in [1.807, 2.05) is 54.6 Å². The lowest BCUT2D eigenvalue weighted by Crippen LogP contribution is -2.23. The van der Waals surface area contributed by atoms with E-state index in [-0.39, 0.29) is 22.6 Å². The van der Waals surface area contributed by atoms with E-state index in [1.54, 1.807) is 15.9 Å². The molecule has 0 aliphatic heterocycles. The van der Waals surface area contributed by atoms with Crippen molar-refractivity contribution in [2.45, 2.75) is 57.5 Å². The molecule has 186 valence electrons. The van der Waals surface area contributed by atoms with Gasteiger partial charge in [-0.3, -0.25) is 14.2 Å². The maximum atomic E-state index is 13.8. The van der Waals surface area contributed by atoms with Gasteiger partial charge in [-0.05, 0) is 66.0 Å². The van der Waals surface area contributed by atoms with Crippen molar-refractivity contribution < 1.29 is 4.79 Å². The van der Waals surface area contributed by atoms with Gasteiger partial charge in [0.2, 0.25) is 5.91 Å². The molecule has 36 heavy (non-hydrogen) atoms. The smallest absolute Gasteiger partial charge is 0.267 e. The molecule has 5 rings (SSSR count). The molecule has 1 atom stereocenters. The van der Waals surface area contributed by atoms with E-state index in [9.17, 15) is 9.59 Å². The molecule has 0 saturated carbocycles. The Hall–Kier alpha value is -2.90. The second-order valence-electron chi connectivity index (χ2n) is 10.6. The fourth-order valence-electron chi connectivity index (χ4n) is 4.65. The van der Waals surface area contributed by atoms with Gasteiger partial charge in [-0.1, -0.05) is 69.8 Å². The van der Waals surface area contributed by atoms with Crippen molar-refractivity contribution in [3.8, 4) is 5.69 Å². The van der Waals surface area contributed by atoms with E-state index in [2.05, 4.69) is 33.0 Å². The Labute approximate surface area is 220 Å². The fraction of sp³-hybridized carbons (Fsp3) is 0.345. The molecular weight excluding hydrogens is 486 g/mol. The van der Waals surface area contributed by atoms with Crippen LogP contribution in [0.1, 0.15) is 50.1 Å². The van der Waals surface area contributed by atoms with Crippen LogP contribution < -0.4 is 10.9 Å². The average Bonchev–Trinajstić information content (AvgIpc) is 3.20. The van der Waals surface area contributed by atoms with Crippen LogP contribution in [0.5, 0.6) is 0 Å². The van der Waals surface area contributed by atoms with Crippen LogP contribution in [-0.2, 0) is 23.1 Å². The zero-order valence-corrected chi connectivity index (χ0v) is 22.8. The fourth-order valence-corrected chi connectivity index (χ4v) is 6.89. The molecule has 1 amide bonds. The van der Waals surface area contributed by atoms with Gasteiger partial charge in [-0.2, -0.15) is 0 Å². The van der Waals surface area contributed by atoms with Crippen LogP contribution in [0.15, 0.2) is 64.5 Å². The molecule has 0 fully saturated rings. The molecule has 1 aliphatic rings. The molecule has 0 spiro atoms. The van der Waals surface area contributed by atoms with E-state index in [4.69, 9.17) is 4.98 Å². The van der Waals surface area contributed by atoms with Crippen molar-refractivity contribution in [2.75, 3.05) is 11.1 Å². The number of benzene rings is 2. The van der Waals surface area contributed by atoms with Gasteiger partial charge in [-0.25, -0.2) is 4.98 Å². The highest BCUT2D eigenvalue weighted by Crippen LogP contribution is 2.37. The maximum absolute atomic E-state index is 13.8. The number of aryl methyl sites for hydroxylation is 1. The van der Waals surface area contributed by atoms with Crippen molar-refractivity contribution in [1.82, 2.24) is 9.55 Å². The number of aromatic nitrogens is 2. The van der Waals surface area contributed by atoms with Gasteiger partial charge in [-0.15, -0.1) is 11.3 Å². The summed E-state index contributed by atoms with van der Waals surface area (Å²) in [7, 11) is 0. The predicted molar refractivity (Wildman–Crippen MR) is 151 cm³/mol. The highest BCUT2D eigenvalue weighted by Gasteiger charge is 2.25. The molecular formula is C29H31N3O2S2. The summed E-state index contributed by atoms with van der Waals surface area (Å²) in [6, 6.07) is 17.6. The molecule has 5 nitrogen and oxygen atoms in total. The largest absolute Gasteiger partial charge is 0.325 e. The first-order chi connectivity index (χ1) is 17.2. The Kier molecular flexibility index (Phi) is 6.79. The second-order valence-corrected chi connectivity index (χ2v) is 12.6. The van der Waals surface area contributed by atoms with Crippen LogP contribution in [0.3, 0.4) is 0 Å². The van der Waals surface area contributed by atoms with Gasteiger partial charge in [0.25, 0.3) is 5.56 Å². The Balaban J connectivity index is 1.44. The Bertz CT molecular complexity index is 1470. The number of carbonyl (C=O) groups is 1. The second kappa shape index (κ2) is 9.87. The number of anilines is 1. The van der Waals surface area contributed by atoms with E-state index in [0.29, 0.717) is 11.1 Å². The molecule has 1 N–H and O–H groups in total. The van der Waals surface area contributed by atoms with Gasteiger partial charge in [0.05, 0.1) is 16.8 Å². The third-order valence-corrected chi connectivity index (χ3v) is 8.77. The summed E-state index contributed by atoms with van der Waals surface area (Å²) >= 11 is 2.94. The number of hydrogen-bond donors (Lipinski definition) is 1. The Morgan fingerprint density at radius 2 is 1.86 bits per heavy atom. The number of carbonyl (C=O) groups excluding carboxylic acids is 1. The minimum absolute atomic E-state index is 0.0427. The van der Waals surface area contributed by atoms with Crippen LogP contribution in [0.4, 0.5) is 5.69 Å². The summed E-state index contributed by atoms with van der Waals surface area (Å²) in [5, 5.41) is 4.27. The van der Waals surface area contributed by atoms with Gasteiger partial charge < -0.3 is 5.32 Å². The zero-order chi connectivity index (χ0) is 25.4. The molecule has 2 aromatic carbocycles. The SMILES string of the molecule is C[C@@H]1CCc2c(sc3nc(SCC(=O)Nc4ccc(C(C)(C)C)cc4)n(-c4ccccc4)c(=O)c23)C1. The standard InChI is InChI=1S/C29H31N3O2S2/c1-18-10-15-22-23(16-18)36-26-25(22)27(34)32(21-8-6-5-7-9-21)28(31-26)35-17-24(33)30-20-13-11-19(12-14-20)29(2,3)4/h5-9,11-14,18H,10,15-17H2,1-4H3,(H,30,33)/t18-/m1/s1. The normalized spacial score (nSPS) is 15.6. The number of nitrogens with zero attached hydrogens (tertiary/aromatic N) is 2. The first-order valence-electron chi connectivity index (χ1n) is 12.4. The Morgan fingerprint density at radius 1 is 1.14 bits per heavy atom. The molecule has 2 aromatic heterocycles. The quantitative estimate of drug-likeness (QED) is 0.239. The molecule has 0 unspecified atom stereocenters. The highest BCUT2D eigenvalue weighted by atomic mass is 32.2. The minimum Gasteiger partial charge on any atom is -0.325 e. The molecule has 7 heteroatoms. The maximum Gasteiger partial charge on any atom is 0.267 e. The number of fused-ring (bicyclic) bond motifs is 3. The monoisotopic (exact) mass is 517 g/mol. The third-order valence-electron chi connectivity index (χ3n) is 6.68. The summed E-state index contributed by atoms with van der Waals surface area (Å²) in [4.78, 5) is 33.6. The van der Waals surface area contributed by atoms with Crippen LogP contribution in [0, 0.1) is 5.92 Å². The molecule has 4 aromatic rings. The van der Waals surface area contributed by atoms with Crippen LogP contribution in [0.2, 0.25) is 0 Å². The van der Waals surface area contributed by atoms with Crippen LogP contribution in [0.25, 0.3) is 15.9 Å². The summed E-state index contributed by atoms with van der Waals surface area (Å²) in [6.45, 7) is 8.76. The van der Waals surface area contributed by atoms with Crippen molar-refractivity contribution in [3.05, 3.63) is 81.0 Å². The highest BCUT2D eigenvalue weighted by molar-refractivity contribution is 7.99. The van der Waals surface area contributed by atoms with Gasteiger partial charge in [0, 0.05) is 10.6 Å². The first kappa shape index (κ1) is 24.8.